The first kappa shape index (κ1) is 21.8. The maximum absolute atomic E-state index is 11.9. The second-order valence-corrected chi connectivity index (χ2v) is 6.56. The van der Waals surface area contributed by atoms with Crippen LogP contribution in [0.5, 0.6) is 0 Å². The van der Waals surface area contributed by atoms with E-state index in [1.165, 1.54) is 0 Å². The Labute approximate surface area is 177 Å². The van der Waals surface area contributed by atoms with Crippen molar-refractivity contribution in [3.63, 3.8) is 0 Å². The van der Waals surface area contributed by atoms with E-state index in [2.05, 4.69) is 11.4 Å². The number of hydrogen-bond acceptors (Lipinski definition) is 1. The SMILES string of the molecule is O=C1CC(c2ccc(Cl)c(Cl)c2)C=C([C]2[CH][CH][CH][CH]2)N1.[CH]1[CH][CH][CH][CH]1.[Fe+2]. The Bertz CT molecular complexity index is 629. The van der Waals surface area contributed by atoms with Gasteiger partial charge in [-0.15, -0.1) is 0 Å². The van der Waals surface area contributed by atoms with Crippen molar-refractivity contribution in [1.29, 1.82) is 0 Å². The van der Waals surface area contributed by atoms with E-state index in [0.29, 0.717) is 16.5 Å². The van der Waals surface area contributed by atoms with Gasteiger partial charge in [0.15, 0.2) is 0 Å². The zero-order chi connectivity index (χ0) is 17.6. The number of amides is 1. The van der Waals surface area contributed by atoms with E-state index in [4.69, 9.17) is 23.2 Å². The Hall–Kier alpha value is -0.471. The Kier molecular flexibility index (Phi) is 9.03. The minimum absolute atomic E-state index is 0. The van der Waals surface area contributed by atoms with Gasteiger partial charge in [-0.25, -0.2) is 0 Å². The summed E-state index contributed by atoms with van der Waals surface area (Å²) >= 11 is 12.0. The molecule has 0 saturated heterocycles. The summed E-state index contributed by atoms with van der Waals surface area (Å²) in [5.74, 6) is 1.05. The summed E-state index contributed by atoms with van der Waals surface area (Å²) in [5, 5.41) is 3.94. The van der Waals surface area contributed by atoms with Gasteiger partial charge >= 0.3 is 17.1 Å². The first-order valence-corrected chi connectivity index (χ1v) is 8.74. The van der Waals surface area contributed by atoms with Crippen LogP contribution in [-0.2, 0) is 21.9 Å². The molecular weight excluding hydrogens is 409 g/mol. The van der Waals surface area contributed by atoms with Crippen LogP contribution in [0.25, 0.3) is 0 Å². The smallest absolute Gasteiger partial charge is 0.329 e. The maximum Gasteiger partial charge on any atom is 2.00 e. The van der Waals surface area contributed by atoms with Crippen LogP contribution in [0.15, 0.2) is 30.0 Å². The van der Waals surface area contributed by atoms with Gasteiger partial charge in [0.2, 0.25) is 5.91 Å². The molecule has 2 aliphatic carbocycles. The molecule has 1 amide bonds. The van der Waals surface area contributed by atoms with E-state index >= 15 is 0 Å². The average molecular weight is 426 g/mol. The standard InChI is InChI=1S/C16H12Cl2NO.C5H5.Fe/c17-13-6-5-11(7-14(13)18)12-8-15(19-16(20)9-12)10-3-1-2-4-10;1-2-4-5-3-1;/h1-8,12H,9H2,(H,19,20);1-5H;/q;;+2. The normalized spacial score (nSPS) is 22.8. The summed E-state index contributed by atoms with van der Waals surface area (Å²) in [6, 6.07) is 5.50. The summed E-state index contributed by atoms with van der Waals surface area (Å²) in [5.41, 5.74) is 1.85. The van der Waals surface area contributed by atoms with Gasteiger partial charge in [0, 0.05) is 24.0 Å². The number of carbonyl (C=O) groups excluding carboxylic acids is 1. The topological polar surface area (TPSA) is 29.1 Å². The van der Waals surface area contributed by atoms with Crippen molar-refractivity contribution in [3.8, 4) is 0 Å². The Morgan fingerprint density at radius 1 is 0.885 bits per heavy atom. The number of carbonyl (C=O) groups is 1. The van der Waals surface area contributed by atoms with Gasteiger partial charge in [-0.05, 0) is 75.5 Å². The van der Waals surface area contributed by atoms with Crippen LogP contribution in [0.2, 0.25) is 10.0 Å². The van der Waals surface area contributed by atoms with Crippen molar-refractivity contribution >= 4 is 29.1 Å². The third kappa shape index (κ3) is 6.02. The summed E-state index contributed by atoms with van der Waals surface area (Å²) in [4.78, 5) is 11.9. The van der Waals surface area contributed by atoms with Crippen molar-refractivity contribution in [2.24, 2.45) is 0 Å². The van der Waals surface area contributed by atoms with Gasteiger partial charge in [0.25, 0.3) is 0 Å². The second kappa shape index (κ2) is 10.8. The molecule has 0 spiro atoms. The zero-order valence-corrected chi connectivity index (χ0v) is 16.4. The monoisotopic (exact) mass is 425 g/mol. The molecule has 0 aromatic heterocycles. The van der Waals surface area contributed by atoms with E-state index in [-0.39, 0.29) is 28.9 Å². The van der Waals surface area contributed by atoms with Crippen molar-refractivity contribution < 1.29 is 21.9 Å². The first-order chi connectivity index (χ1) is 12.1. The number of hydrogen-bond donors (Lipinski definition) is 1. The second-order valence-electron chi connectivity index (χ2n) is 5.75. The quantitative estimate of drug-likeness (QED) is 0.670. The van der Waals surface area contributed by atoms with Crippen LogP contribution in [-0.4, -0.2) is 5.91 Å². The average Bonchev–Trinajstić information content (AvgIpc) is 3.33. The van der Waals surface area contributed by atoms with Crippen LogP contribution < -0.4 is 5.32 Å². The Balaban J connectivity index is 0.000000351. The molecule has 1 unspecified atom stereocenters. The fourth-order valence-electron chi connectivity index (χ4n) is 2.70. The summed E-state index contributed by atoms with van der Waals surface area (Å²) in [7, 11) is 0. The molecule has 2 nitrogen and oxygen atoms in total. The largest absolute Gasteiger partial charge is 2.00 e. The van der Waals surface area contributed by atoms with Gasteiger partial charge in [0.05, 0.1) is 10.0 Å². The van der Waals surface area contributed by atoms with E-state index < -0.39 is 0 Å². The zero-order valence-electron chi connectivity index (χ0n) is 13.8. The summed E-state index contributed by atoms with van der Waals surface area (Å²) in [6.45, 7) is 0. The fourth-order valence-corrected chi connectivity index (χ4v) is 3.01. The van der Waals surface area contributed by atoms with Crippen molar-refractivity contribution in [3.05, 3.63) is 109 Å². The molecule has 2 saturated carbocycles. The number of benzene rings is 1. The molecule has 1 aliphatic heterocycles. The summed E-state index contributed by atoms with van der Waals surface area (Å²) in [6.07, 6.45) is 20.3. The molecule has 4 rings (SSSR count). The molecule has 3 aliphatic rings. The third-order valence-electron chi connectivity index (χ3n) is 3.95. The number of halogens is 2. The molecule has 1 N–H and O–H groups in total. The van der Waals surface area contributed by atoms with Crippen molar-refractivity contribution in [2.75, 3.05) is 0 Å². The van der Waals surface area contributed by atoms with Crippen LogP contribution in [0.4, 0.5) is 0 Å². The van der Waals surface area contributed by atoms with Gasteiger partial charge in [-0.1, -0.05) is 35.3 Å². The predicted molar refractivity (Wildman–Crippen MR) is 102 cm³/mol. The van der Waals surface area contributed by atoms with Gasteiger partial charge < -0.3 is 5.32 Å². The predicted octanol–water partition coefficient (Wildman–Crippen LogP) is 4.91. The molecule has 5 heteroatoms. The number of rotatable bonds is 2. The van der Waals surface area contributed by atoms with Gasteiger partial charge in [-0.3, -0.25) is 4.79 Å². The Morgan fingerprint density at radius 3 is 2.08 bits per heavy atom. The molecule has 1 atom stereocenters. The van der Waals surface area contributed by atoms with Crippen LogP contribution in [0.1, 0.15) is 17.9 Å². The fraction of sp³-hybridized carbons (Fsp3) is 0.0952. The van der Waals surface area contributed by atoms with E-state index in [9.17, 15) is 4.79 Å². The number of allylic oxidation sites excluding steroid dienone is 2. The number of nitrogens with one attached hydrogen (secondary N) is 1. The molecule has 26 heavy (non-hydrogen) atoms. The molecule has 1 aromatic rings. The van der Waals surface area contributed by atoms with Crippen LogP contribution in [0.3, 0.4) is 0 Å². The molecule has 132 valence electrons. The van der Waals surface area contributed by atoms with Crippen molar-refractivity contribution in [2.45, 2.75) is 12.3 Å². The Morgan fingerprint density at radius 2 is 1.50 bits per heavy atom. The molecule has 10 radical (unpaired) electrons. The van der Waals surface area contributed by atoms with E-state index in [1.54, 1.807) is 6.07 Å². The van der Waals surface area contributed by atoms with Gasteiger partial charge in [-0.2, -0.15) is 0 Å². The van der Waals surface area contributed by atoms with Crippen LogP contribution >= 0.6 is 23.2 Å². The molecule has 0 bridgehead atoms. The molecule has 1 aromatic carbocycles. The van der Waals surface area contributed by atoms with Gasteiger partial charge in [0.1, 0.15) is 0 Å². The molecule has 2 fully saturated rings. The summed E-state index contributed by atoms with van der Waals surface area (Å²) < 4.78 is 0. The minimum Gasteiger partial charge on any atom is -0.329 e. The van der Waals surface area contributed by atoms with Crippen molar-refractivity contribution in [1.82, 2.24) is 5.32 Å². The maximum atomic E-state index is 11.9. The molecule has 1 heterocycles. The molecular formula is C21H17Cl2FeNO+2. The van der Waals surface area contributed by atoms with E-state index in [0.717, 1.165) is 17.2 Å². The third-order valence-corrected chi connectivity index (χ3v) is 4.69. The first-order valence-electron chi connectivity index (χ1n) is 7.99. The van der Waals surface area contributed by atoms with E-state index in [1.807, 2.05) is 69.9 Å². The minimum atomic E-state index is 0. The van der Waals surface area contributed by atoms with Crippen LogP contribution in [0, 0.1) is 63.7 Å².